The summed E-state index contributed by atoms with van der Waals surface area (Å²) in [6.45, 7) is 2.06. The highest BCUT2D eigenvalue weighted by Gasteiger charge is 2.70. The lowest BCUT2D eigenvalue weighted by molar-refractivity contribution is -0.125. The lowest BCUT2D eigenvalue weighted by Gasteiger charge is -2.29. The summed E-state index contributed by atoms with van der Waals surface area (Å²) in [5, 5.41) is 4.40. The first-order chi connectivity index (χ1) is 13.6. The first-order valence-corrected chi connectivity index (χ1v) is 9.89. The van der Waals surface area contributed by atoms with Gasteiger partial charge in [0.25, 0.3) is 0 Å². The van der Waals surface area contributed by atoms with E-state index >= 15 is 0 Å². The van der Waals surface area contributed by atoms with Gasteiger partial charge in [-0.2, -0.15) is 0 Å². The van der Waals surface area contributed by atoms with Gasteiger partial charge in [0.05, 0.1) is 23.2 Å². The summed E-state index contributed by atoms with van der Waals surface area (Å²) in [5.41, 5.74) is 3.86. The van der Waals surface area contributed by atoms with E-state index in [1.807, 2.05) is 30.3 Å². The molecule has 140 valence electrons. The van der Waals surface area contributed by atoms with E-state index in [4.69, 9.17) is 4.84 Å². The van der Waals surface area contributed by atoms with Gasteiger partial charge in [0.1, 0.15) is 6.10 Å². The van der Waals surface area contributed by atoms with Gasteiger partial charge in [-0.1, -0.05) is 53.2 Å². The minimum absolute atomic E-state index is 0.0534. The second-order valence-electron chi connectivity index (χ2n) is 8.40. The Kier molecular flexibility index (Phi) is 3.17. The standard InChI is InChI=1S/C23H20N2O3/c1-12-7-9-13(10-8-12)20-19-15-11-16(21(19)28-24-20)18-17(15)22(26)25(23(18)27)14-5-3-2-4-6-14/h2-10,15-19,21H,11H2,1H3/t15-,16+,17+,18+,19-,21-/m1/s1. The van der Waals surface area contributed by atoms with Crippen molar-refractivity contribution in [3.63, 3.8) is 0 Å². The van der Waals surface area contributed by atoms with E-state index in [-0.39, 0.29) is 47.5 Å². The third-order valence-corrected chi connectivity index (χ3v) is 7.05. The molecule has 2 aromatic rings. The number of hydrogen-bond acceptors (Lipinski definition) is 4. The monoisotopic (exact) mass is 372 g/mol. The molecule has 0 unspecified atom stereocenters. The zero-order valence-corrected chi connectivity index (χ0v) is 15.5. The second kappa shape index (κ2) is 5.53. The van der Waals surface area contributed by atoms with Gasteiger partial charge in [-0.15, -0.1) is 0 Å². The van der Waals surface area contributed by atoms with E-state index in [2.05, 4.69) is 36.3 Å². The maximum absolute atomic E-state index is 13.3. The van der Waals surface area contributed by atoms with Gasteiger partial charge >= 0.3 is 0 Å². The number of fused-ring (bicyclic) bond motifs is 8. The first-order valence-electron chi connectivity index (χ1n) is 9.89. The highest BCUT2D eigenvalue weighted by Crippen LogP contribution is 2.61. The van der Waals surface area contributed by atoms with Crippen molar-refractivity contribution in [1.29, 1.82) is 0 Å². The van der Waals surface area contributed by atoms with Crippen molar-refractivity contribution in [1.82, 2.24) is 0 Å². The Hall–Kier alpha value is -2.95. The van der Waals surface area contributed by atoms with E-state index in [9.17, 15) is 9.59 Å². The second-order valence-corrected chi connectivity index (χ2v) is 8.40. The number of carbonyl (C=O) groups is 2. The van der Waals surface area contributed by atoms with Gasteiger partial charge in [0.15, 0.2) is 0 Å². The largest absolute Gasteiger partial charge is 0.391 e. The number of imide groups is 1. The Bertz CT molecular complexity index is 1010. The van der Waals surface area contributed by atoms with Crippen molar-refractivity contribution < 1.29 is 14.4 Å². The van der Waals surface area contributed by atoms with Crippen LogP contribution in [-0.2, 0) is 14.4 Å². The molecule has 0 spiro atoms. The molecule has 5 heteroatoms. The first kappa shape index (κ1) is 16.0. The number of oxime groups is 1. The Morgan fingerprint density at radius 1 is 0.893 bits per heavy atom. The van der Waals surface area contributed by atoms with Gasteiger partial charge in [0, 0.05) is 11.8 Å². The van der Waals surface area contributed by atoms with Crippen molar-refractivity contribution in [3.8, 4) is 0 Å². The van der Waals surface area contributed by atoms with Crippen LogP contribution in [0.2, 0.25) is 0 Å². The van der Waals surface area contributed by atoms with E-state index in [1.165, 1.54) is 10.5 Å². The number of hydrogen-bond donors (Lipinski definition) is 0. The van der Waals surface area contributed by atoms with Gasteiger partial charge in [-0.3, -0.25) is 14.5 Å². The molecule has 6 rings (SSSR count). The molecule has 2 saturated carbocycles. The Balaban J connectivity index is 1.36. The van der Waals surface area contributed by atoms with E-state index in [0.29, 0.717) is 5.69 Å². The van der Waals surface area contributed by atoms with Crippen molar-refractivity contribution >= 4 is 23.2 Å². The minimum Gasteiger partial charge on any atom is -0.391 e. The highest BCUT2D eigenvalue weighted by molar-refractivity contribution is 6.23. The molecule has 6 atom stereocenters. The number of amides is 2. The molecular formula is C23H20N2O3. The molecule has 2 aliphatic heterocycles. The summed E-state index contributed by atoms with van der Waals surface area (Å²) in [5.74, 6) is -0.365. The lowest BCUT2D eigenvalue weighted by Crippen LogP contribution is -2.41. The predicted octanol–water partition coefficient (Wildman–Crippen LogP) is 3.17. The fourth-order valence-corrected chi connectivity index (χ4v) is 5.92. The smallest absolute Gasteiger partial charge is 0.238 e. The van der Waals surface area contributed by atoms with Crippen LogP contribution in [0.4, 0.5) is 5.69 Å². The summed E-state index contributed by atoms with van der Waals surface area (Å²) >= 11 is 0. The van der Waals surface area contributed by atoms with E-state index < -0.39 is 0 Å². The molecule has 0 radical (unpaired) electrons. The van der Waals surface area contributed by atoms with E-state index in [0.717, 1.165) is 17.7 Å². The third kappa shape index (κ3) is 1.94. The summed E-state index contributed by atoms with van der Waals surface area (Å²) in [6, 6.07) is 17.6. The van der Waals surface area contributed by atoms with Crippen LogP contribution in [0.1, 0.15) is 17.5 Å². The van der Waals surface area contributed by atoms with Crippen LogP contribution in [-0.4, -0.2) is 23.6 Å². The average Bonchev–Trinajstić information content (AvgIpc) is 3.44. The van der Waals surface area contributed by atoms with Gasteiger partial charge in [0.2, 0.25) is 11.8 Å². The number of anilines is 1. The Labute approximate surface area is 163 Å². The zero-order valence-electron chi connectivity index (χ0n) is 15.5. The van der Waals surface area contributed by atoms with Crippen LogP contribution in [0, 0.1) is 36.5 Å². The van der Waals surface area contributed by atoms with Gasteiger partial charge < -0.3 is 4.84 Å². The zero-order chi connectivity index (χ0) is 19.0. The molecule has 2 aliphatic carbocycles. The quantitative estimate of drug-likeness (QED) is 0.761. The predicted molar refractivity (Wildman–Crippen MR) is 104 cm³/mol. The molecule has 0 N–H and O–H groups in total. The third-order valence-electron chi connectivity index (χ3n) is 7.05. The molecule has 28 heavy (non-hydrogen) atoms. The molecule has 2 bridgehead atoms. The summed E-state index contributed by atoms with van der Waals surface area (Å²) in [6.07, 6.45) is 0.783. The minimum atomic E-state index is -0.272. The van der Waals surface area contributed by atoms with Crippen LogP contribution in [0.3, 0.4) is 0 Å². The SMILES string of the molecule is Cc1ccc(C2=NO[C@@H]3[C@H]4C[C@@H]([C@H]23)[C@@H]2C(=O)N(c3ccccc3)C(=O)[C@@H]42)cc1. The fourth-order valence-electron chi connectivity index (χ4n) is 5.92. The number of aryl methyl sites for hydroxylation is 1. The maximum Gasteiger partial charge on any atom is 0.238 e. The highest BCUT2D eigenvalue weighted by atomic mass is 16.6. The van der Waals surface area contributed by atoms with Crippen molar-refractivity contribution in [2.75, 3.05) is 4.90 Å². The topological polar surface area (TPSA) is 59.0 Å². The summed E-state index contributed by atoms with van der Waals surface area (Å²) < 4.78 is 0. The number of benzene rings is 2. The van der Waals surface area contributed by atoms with Crippen molar-refractivity contribution in [3.05, 3.63) is 65.7 Å². The molecule has 3 fully saturated rings. The van der Waals surface area contributed by atoms with Crippen LogP contribution in [0.15, 0.2) is 59.8 Å². The lowest BCUT2D eigenvalue weighted by atomic mass is 9.71. The number of para-hydroxylation sites is 1. The number of carbonyl (C=O) groups excluding carboxylic acids is 2. The van der Waals surface area contributed by atoms with Gasteiger partial charge in [-0.25, -0.2) is 0 Å². The maximum atomic E-state index is 13.3. The van der Waals surface area contributed by atoms with Gasteiger partial charge in [-0.05, 0) is 37.0 Å². The van der Waals surface area contributed by atoms with Crippen LogP contribution in [0.25, 0.3) is 0 Å². The number of nitrogens with zero attached hydrogens (tertiary/aromatic N) is 2. The van der Waals surface area contributed by atoms with Crippen LogP contribution in [0.5, 0.6) is 0 Å². The molecule has 2 aromatic carbocycles. The molecule has 4 aliphatic rings. The molecular weight excluding hydrogens is 352 g/mol. The molecule has 5 nitrogen and oxygen atoms in total. The van der Waals surface area contributed by atoms with E-state index in [1.54, 1.807) is 0 Å². The fraction of sp³-hybridized carbons (Fsp3) is 0.348. The summed E-state index contributed by atoms with van der Waals surface area (Å²) in [4.78, 5) is 33.7. The van der Waals surface area contributed by atoms with Crippen molar-refractivity contribution in [2.45, 2.75) is 19.4 Å². The average molecular weight is 372 g/mol. The molecule has 0 aromatic heterocycles. The molecule has 2 amide bonds. The Morgan fingerprint density at radius 3 is 2.29 bits per heavy atom. The van der Waals surface area contributed by atoms with Crippen molar-refractivity contribution in [2.24, 2.45) is 34.7 Å². The number of rotatable bonds is 2. The Morgan fingerprint density at radius 2 is 1.57 bits per heavy atom. The summed E-state index contributed by atoms with van der Waals surface area (Å²) in [7, 11) is 0. The van der Waals surface area contributed by atoms with Crippen LogP contribution < -0.4 is 4.90 Å². The van der Waals surface area contributed by atoms with Crippen LogP contribution >= 0.6 is 0 Å². The normalized spacial score (nSPS) is 35.0. The molecule has 1 saturated heterocycles. The molecule has 2 heterocycles.